The van der Waals surface area contributed by atoms with Gasteiger partial charge in [0.2, 0.25) is 0 Å². The van der Waals surface area contributed by atoms with E-state index in [9.17, 15) is 4.79 Å². The third-order valence-electron chi connectivity index (χ3n) is 2.36. The van der Waals surface area contributed by atoms with E-state index >= 15 is 0 Å². The highest BCUT2D eigenvalue weighted by Crippen LogP contribution is 2.26. The average molecular weight is 250 g/mol. The number of benzene rings is 1. The number of carbonyl (C=O) groups excluding carboxylic acids is 1. The van der Waals surface area contributed by atoms with Gasteiger partial charge in [0.25, 0.3) is 5.91 Å². The van der Waals surface area contributed by atoms with Gasteiger partial charge in [0.1, 0.15) is 5.69 Å². The van der Waals surface area contributed by atoms with E-state index in [1.807, 2.05) is 18.2 Å². The van der Waals surface area contributed by atoms with Crippen LogP contribution in [0.25, 0.3) is 11.3 Å². The maximum atomic E-state index is 11.7. The molecule has 5 heteroatoms. The zero-order valence-corrected chi connectivity index (χ0v) is 10.3. The van der Waals surface area contributed by atoms with Crippen molar-refractivity contribution in [3.63, 3.8) is 0 Å². The maximum Gasteiger partial charge on any atom is 0.271 e. The number of hydrogen-bond acceptors (Lipinski definition) is 2. The average Bonchev–Trinajstić information content (AvgIpc) is 2.77. The predicted molar refractivity (Wildman–Crippen MR) is 67.1 cm³/mol. The third kappa shape index (κ3) is 2.31. The van der Waals surface area contributed by atoms with E-state index in [0.29, 0.717) is 16.4 Å². The monoisotopic (exact) mass is 249 g/mol. The van der Waals surface area contributed by atoms with E-state index in [-0.39, 0.29) is 5.91 Å². The number of halogens is 1. The highest BCUT2D eigenvalue weighted by Gasteiger charge is 2.13. The minimum atomic E-state index is -0.115. The highest BCUT2D eigenvalue weighted by molar-refractivity contribution is 6.33. The number of H-pyrrole nitrogens is 1. The molecule has 2 aromatic rings. The van der Waals surface area contributed by atoms with Gasteiger partial charge in [-0.3, -0.25) is 9.89 Å². The summed E-state index contributed by atoms with van der Waals surface area (Å²) in [6.07, 6.45) is 0. The van der Waals surface area contributed by atoms with Crippen molar-refractivity contribution in [1.29, 1.82) is 0 Å². The van der Waals surface area contributed by atoms with Gasteiger partial charge in [-0.05, 0) is 12.1 Å². The second-order valence-electron chi connectivity index (χ2n) is 3.85. The summed E-state index contributed by atoms with van der Waals surface area (Å²) in [5.74, 6) is -0.115. The van der Waals surface area contributed by atoms with Crippen LogP contribution in [0.5, 0.6) is 0 Å². The van der Waals surface area contributed by atoms with Gasteiger partial charge in [0.05, 0.1) is 10.7 Å². The van der Waals surface area contributed by atoms with Crippen molar-refractivity contribution >= 4 is 17.5 Å². The van der Waals surface area contributed by atoms with Crippen molar-refractivity contribution in [2.75, 3.05) is 14.1 Å². The smallest absolute Gasteiger partial charge is 0.271 e. The zero-order chi connectivity index (χ0) is 12.4. The Hall–Kier alpha value is -1.81. The Bertz CT molecular complexity index is 548. The van der Waals surface area contributed by atoms with E-state index in [2.05, 4.69) is 10.2 Å². The van der Waals surface area contributed by atoms with Crippen LogP contribution in [-0.2, 0) is 0 Å². The number of nitrogens with one attached hydrogen (secondary N) is 1. The minimum absolute atomic E-state index is 0.115. The lowest BCUT2D eigenvalue weighted by molar-refractivity contribution is 0.0822. The molecule has 0 aliphatic rings. The van der Waals surface area contributed by atoms with Crippen molar-refractivity contribution in [1.82, 2.24) is 15.1 Å². The molecular formula is C12H12ClN3O. The molecule has 0 saturated heterocycles. The Morgan fingerprint density at radius 1 is 1.35 bits per heavy atom. The van der Waals surface area contributed by atoms with Gasteiger partial charge in [-0.2, -0.15) is 5.10 Å². The van der Waals surface area contributed by atoms with Crippen LogP contribution in [0.4, 0.5) is 0 Å². The fraction of sp³-hybridized carbons (Fsp3) is 0.167. The molecule has 17 heavy (non-hydrogen) atoms. The van der Waals surface area contributed by atoms with Crippen molar-refractivity contribution in [3.8, 4) is 11.3 Å². The largest absolute Gasteiger partial charge is 0.343 e. The van der Waals surface area contributed by atoms with E-state index in [1.54, 1.807) is 26.2 Å². The predicted octanol–water partition coefficient (Wildman–Crippen LogP) is 2.43. The van der Waals surface area contributed by atoms with Crippen LogP contribution >= 0.6 is 11.6 Å². The molecule has 0 radical (unpaired) electrons. The van der Waals surface area contributed by atoms with E-state index < -0.39 is 0 Å². The molecule has 1 amide bonds. The molecule has 88 valence electrons. The van der Waals surface area contributed by atoms with Gasteiger partial charge in [0, 0.05) is 19.7 Å². The standard InChI is InChI=1S/C12H12ClN3O/c1-16(2)12(17)11-7-10(14-15-11)8-5-3-4-6-9(8)13/h3-7H,1-2H3,(H,14,15). The first kappa shape index (κ1) is 11.7. The summed E-state index contributed by atoms with van der Waals surface area (Å²) in [5.41, 5.74) is 1.92. The topological polar surface area (TPSA) is 49.0 Å². The van der Waals surface area contributed by atoms with Crippen LogP contribution in [0.3, 0.4) is 0 Å². The van der Waals surface area contributed by atoms with Crippen molar-refractivity contribution in [2.45, 2.75) is 0 Å². The SMILES string of the molecule is CN(C)C(=O)c1cc(-c2ccccc2Cl)n[nH]1. The first-order valence-electron chi connectivity index (χ1n) is 5.11. The summed E-state index contributed by atoms with van der Waals surface area (Å²) in [7, 11) is 3.39. The van der Waals surface area contributed by atoms with E-state index in [1.165, 1.54) is 4.90 Å². The molecule has 1 aromatic heterocycles. The minimum Gasteiger partial charge on any atom is -0.343 e. The molecule has 1 aromatic carbocycles. The fourth-order valence-corrected chi connectivity index (χ4v) is 1.71. The van der Waals surface area contributed by atoms with E-state index in [4.69, 9.17) is 11.6 Å². The highest BCUT2D eigenvalue weighted by atomic mass is 35.5. The van der Waals surface area contributed by atoms with Crippen LogP contribution in [0.15, 0.2) is 30.3 Å². The molecule has 0 unspecified atom stereocenters. The molecule has 0 saturated carbocycles. The van der Waals surface area contributed by atoms with Crippen molar-refractivity contribution < 1.29 is 4.79 Å². The van der Waals surface area contributed by atoms with Crippen LogP contribution in [0.2, 0.25) is 5.02 Å². The summed E-state index contributed by atoms with van der Waals surface area (Å²) in [5, 5.41) is 7.42. The Labute approximate surface area is 104 Å². The Morgan fingerprint density at radius 3 is 2.71 bits per heavy atom. The van der Waals surface area contributed by atoms with Gasteiger partial charge >= 0.3 is 0 Å². The quantitative estimate of drug-likeness (QED) is 0.889. The van der Waals surface area contributed by atoms with E-state index in [0.717, 1.165) is 5.56 Å². The number of amides is 1. The summed E-state index contributed by atoms with van der Waals surface area (Å²) in [4.78, 5) is 13.2. The Morgan fingerprint density at radius 2 is 2.06 bits per heavy atom. The maximum absolute atomic E-state index is 11.7. The molecule has 0 atom stereocenters. The summed E-state index contributed by atoms with van der Waals surface area (Å²) in [6, 6.07) is 9.08. The lowest BCUT2D eigenvalue weighted by atomic mass is 10.1. The Kier molecular flexibility index (Phi) is 3.15. The summed E-state index contributed by atoms with van der Waals surface area (Å²) in [6.45, 7) is 0. The van der Waals surface area contributed by atoms with Crippen LogP contribution < -0.4 is 0 Å². The number of hydrogen-bond donors (Lipinski definition) is 1. The van der Waals surface area contributed by atoms with Gasteiger partial charge in [-0.1, -0.05) is 29.8 Å². The molecule has 1 N–H and O–H groups in total. The lowest BCUT2D eigenvalue weighted by Gasteiger charge is -2.06. The Balaban J connectivity index is 2.37. The molecule has 0 aliphatic heterocycles. The van der Waals surface area contributed by atoms with Gasteiger partial charge in [0.15, 0.2) is 0 Å². The van der Waals surface area contributed by atoms with Crippen molar-refractivity contribution in [3.05, 3.63) is 41.0 Å². The molecule has 1 heterocycles. The summed E-state index contributed by atoms with van der Waals surface area (Å²) >= 11 is 6.06. The summed E-state index contributed by atoms with van der Waals surface area (Å²) < 4.78 is 0. The van der Waals surface area contributed by atoms with Gasteiger partial charge in [-0.15, -0.1) is 0 Å². The molecule has 4 nitrogen and oxygen atoms in total. The van der Waals surface area contributed by atoms with Crippen LogP contribution in [0, 0.1) is 0 Å². The first-order chi connectivity index (χ1) is 8.09. The number of aromatic nitrogens is 2. The molecule has 0 fully saturated rings. The third-order valence-corrected chi connectivity index (χ3v) is 2.69. The fourth-order valence-electron chi connectivity index (χ4n) is 1.48. The molecule has 0 aliphatic carbocycles. The van der Waals surface area contributed by atoms with Gasteiger partial charge < -0.3 is 4.90 Å². The van der Waals surface area contributed by atoms with Crippen molar-refractivity contribution in [2.24, 2.45) is 0 Å². The number of nitrogens with zero attached hydrogens (tertiary/aromatic N) is 2. The number of carbonyl (C=O) groups is 1. The molecule has 0 bridgehead atoms. The lowest BCUT2D eigenvalue weighted by Crippen LogP contribution is -2.21. The molecule has 2 rings (SSSR count). The normalized spacial score (nSPS) is 10.3. The second-order valence-corrected chi connectivity index (χ2v) is 4.25. The van der Waals surface area contributed by atoms with Gasteiger partial charge in [-0.25, -0.2) is 0 Å². The zero-order valence-electron chi connectivity index (χ0n) is 9.57. The second kappa shape index (κ2) is 4.59. The molecule has 0 spiro atoms. The molecular weight excluding hydrogens is 238 g/mol. The first-order valence-corrected chi connectivity index (χ1v) is 5.49. The number of rotatable bonds is 2. The van der Waals surface area contributed by atoms with Crippen LogP contribution in [0.1, 0.15) is 10.5 Å². The van der Waals surface area contributed by atoms with Crippen LogP contribution in [-0.4, -0.2) is 35.1 Å². The number of aromatic amines is 1.